The topological polar surface area (TPSA) is 17.1 Å². The second-order valence-electron chi connectivity index (χ2n) is 2.17. The number of halogens is 2. The molecule has 0 aliphatic carbocycles. The molecule has 1 aliphatic rings. The first-order valence-electron chi connectivity index (χ1n) is 2.98. The molecule has 0 N–H and O–H groups in total. The molecule has 0 saturated heterocycles. The molecule has 0 saturated carbocycles. The van der Waals surface area contributed by atoms with Crippen molar-refractivity contribution in [1.29, 1.82) is 0 Å². The quantitative estimate of drug-likeness (QED) is 0.478. The number of hydrogen-bond acceptors (Lipinski definition) is 1. The van der Waals surface area contributed by atoms with Gasteiger partial charge in [-0.25, -0.2) is 0 Å². The summed E-state index contributed by atoms with van der Waals surface area (Å²) in [4.78, 5) is 0. The number of rotatable bonds is 0. The Bertz CT molecular complexity index is 160. The van der Waals surface area contributed by atoms with Crippen LogP contribution in [-0.4, -0.2) is 12.8 Å². The molecule has 1 rings (SSSR count). The van der Waals surface area contributed by atoms with E-state index in [9.17, 15) is 4.57 Å². The van der Waals surface area contributed by atoms with Crippen molar-refractivity contribution in [3.05, 3.63) is 11.9 Å². The third-order valence-electron chi connectivity index (χ3n) is 1.16. The van der Waals surface area contributed by atoms with E-state index >= 15 is 0 Å². The van der Waals surface area contributed by atoms with Crippen LogP contribution in [0.3, 0.4) is 0 Å². The molecule has 0 fully saturated rings. The van der Waals surface area contributed by atoms with Gasteiger partial charge in [-0.1, -0.05) is 6.08 Å². The number of hydrogen-bond donors (Lipinski definition) is 0. The van der Waals surface area contributed by atoms with Crippen molar-refractivity contribution in [3.8, 4) is 0 Å². The summed E-state index contributed by atoms with van der Waals surface area (Å²) in [5, 5.41) is 0. The first-order chi connectivity index (χ1) is 4.62. The molecule has 0 amide bonds. The minimum atomic E-state index is -1.72. The van der Waals surface area contributed by atoms with E-state index in [4.69, 9.17) is 19.4 Å². The zero-order valence-electron chi connectivity index (χ0n) is 5.89. The summed E-state index contributed by atoms with van der Waals surface area (Å²) in [6.07, 6.45) is 3.92. The summed E-state index contributed by atoms with van der Waals surface area (Å²) in [6.45, 7) is 1.83. The SMILES string of the molecule is CP1(=O)C=CCC1.[Cl][Zn][Cl]. The molecule has 56 valence electrons. The second-order valence-corrected chi connectivity index (χ2v) is 9.89. The normalized spacial score (nSPS) is 28.7. The fraction of sp³-hybridized carbons (Fsp3) is 0.600. The molecule has 0 bridgehead atoms. The van der Waals surface area contributed by atoms with Crippen molar-refractivity contribution in [3.63, 3.8) is 0 Å². The second kappa shape index (κ2) is 5.78. The summed E-state index contributed by atoms with van der Waals surface area (Å²) >= 11 is -0.931. The average Bonchev–Trinajstić information content (AvgIpc) is 2.16. The summed E-state index contributed by atoms with van der Waals surface area (Å²) in [7, 11) is 8.18. The monoisotopic (exact) mass is 250 g/mol. The Hall–Kier alpha value is 1.17. The molecule has 1 atom stereocenters. The van der Waals surface area contributed by atoms with Gasteiger partial charge in [0, 0.05) is 6.16 Å². The first kappa shape index (κ1) is 11.2. The molecule has 1 unspecified atom stereocenters. The van der Waals surface area contributed by atoms with Crippen LogP contribution in [-0.2, 0) is 19.7 Å². The van der Waals surface area contributed by atoms with Gasteiger partial charge in [0.25, 0.3) is 0 Å². The molecule has 0 aromatic carbocycles. The third-order valence-corrected chi connectivity index (χ3v) is 3.15. The Labute approximate surface area is 77.2 Å². The fourth-order valence-corrected chi connectivity index (χ4v) is 2.11. The van der Waals surface area contributed by atoms with E-state index in [0.29, 0.717) is 0 Å². The third kappa shape index (κ3) is 5.92. The van der Waals surface area contributed by atoms with Crippen LogP contribution < -0.4 is 0 Å². The summed E-state index contributed by atoms with van der Waals surface area (Å²) in [5.41, 5.74) is 0. The summed E-state index contributed by atoms with van der Waals surface area (Å²) in [5.74, 6) is 1.85. The Morgan fingerprint density at radius 1 is 1.60 bits per heavy atom. The van der Waals surface area contributed by atoms with Gasteiger partial charge in [-0.2, -0.15) is 0 Å². The standard InChI is InChI=1S/C5H9OP.2ClH.Zn/c1-7(6)4-2-3-5-7;;;/h2,4H,3,5H2,1H3;2*1H;/q;;;+2/p-2. The maximum absolute atomic E-state index is 10.9. The van der Waals surface area contributed by atoms with Crippen LogP contribution in [0.5, 0.6) is 0 Å². The summed E-state index contributed by atoms with van der Waals surface area (Å²) < 4.78 is 10.9. The van der Waals surface area contributed by atoms with Crippen molar-refractivity contribution in [2.75, 3.05) is 12.8 Å². The zero-order valence-corrected chi connectivity index (χ0v) is 11.3. The van der Waals surface area contributed by atoms with Crippen LogP contribution in [0.1, 0.15) is 6.42 Å². The van der Waals surface area contributed by atoms with E-state index in [2.05, 4.69) is 0 Å². The average molecular weight is 252 g/mol. The maximum atomic E-state index is 10.9. The minimum absolute atomic E-state index is 0.896. The van der Waals surface area contributed by atoms with E-state index in [1.54, 1.807) is 0 Å². The first-order valence-corrected chi connectivity index (χ1v) is 13.2. The van der Waals surface area contributed by atoms with E-state index in [-0.39, 0.29) is 0 Å². The Kier molecular flexibility index (Phi) is 6.45. The van der Waals surface area contributed by atoms with Crippen LogP contribution in [0.15, 0.2) is 11.9 Å². The van der Waals surface area contributed by atoms with Crippen molar-refractivity contribution in [2.24, 2.45) is 0 Å². The van der Waals surface area contributed by atoms with Gasteiger partial charge in [-0.3, -0.25) is 0 Å². The van der Waals surface area contributed by atoms with Crippen LogP contribution in [0, 0.1) is 0 Å². The fourth-order valence-electron chi connectivity index (χ4n) is 0.703. The van der Waals surface area contributed by atoms with Crippen molar-refractivity contribution in [1.82, 2.24) is 0 Å². The zero-order chi connectivity index (χ0) is 8.04. The Balaban J connectivity index is 0.000000236. The molecule has 1 heterocycles. The molecular formula is C5H9Cl2OPZn. The number of allylic oxidation sites excluding steroid dienone is 1. The van der Waals surface area contributed by atoms with Crippen LogP contribution >= 0.6 is 26.5 Å². The van der Waals surface area contributed by atoms with Gasteiger partial charge < -0.3 is 4.57 Å². The van der Waals surface area contributed by atoms with Crippen molar-refractivity contribution < 1.29 is 19.7 Å². The predicted molar refractivity (Wildman–Crippen MR) is 43.9 cm³/mol. The van der Waals surface area contributed by atoms with Gasteiger partial charge >= 0.3 is 34.5 Å². The molecule has 1 aliphatic heterocycles. The van der Waals surface area contributed by atoms with Gasteiger partial charge in [-0.15, -0.1) is 0 Å². The molecule has 0 spiro atoms. The summed E-state index contributed by atoms with van der Waals surface area (Å²) in [6, 6.07) is 0. The van der Waals surface area contributed by atoms with Crippen molar-refractivity contribution in [2.45, 2.75) is 6.42 Å². The van der Waals surface area contributed by atoms with E-state index < -0.39 is 22.3 Å². The van der Waals surface area contributed by atoms with E-state index in [1.807, 2.05) is 18.6 Å². The molecule has 5 heteroatoms. The van der Waals surface area contributed by atoms with E-state index in [1.165, 1.54) is 0 Å². The predicted octanol–water partition coefficient (Wildman–Crippen LogP) is 3.27. The molecule has 10 heavy (non-hydrogen) atoms. The molecule has 0 aromatic rings. The van der Waals surface area contributed by atoms with Crippen molar-refractivity contribution >= 4 is 26.5 Å². The van der Waals surface area contributed by atoms with Crippen LogP contribution in [0.4, 0.5) is 0 Å². The molecule has 0 aromatic heterocycles. The molecule has 1 nitrogen and oxygen atoms in total. The molecule has 0 radical (unpaired) electrons. The van der Waals surface area contributed by atoms with Crippen LogP contribution in [0.2, 0.25) is 0 Å². The van der Waals surface area contributed by atoms with Crippen LogP contribution in [0.25, 0.3) is 0 Å². The Morgan fingerprint density at radius 2 is 2.10 bits per heavy atom. The Morgan fingerprint density at radius 3 is 2.20 bits per heavy atom. The van der Waals surface area contributed by atoms with Gasteiger partial charge in [0.15, 0.2) is 0 Å². The van der Waals surface area contributed by atoms with Gasteiger partial charge in [0.05, 0.1) is 0 Å². The van der Waals surface area contributed by atoms with E-state index in [0.717, 1.165) is 12.6 Å². The van der Waals surface area contributed by atoms with Gasteiger partial charge in [-0.05, 0) is 18.9 Å². The van der Waals surface area contributed by atoms with Gasteiger partial charge in [0.1, 0.15) is 7.14 Å². The molecular weight excluding hydrogens is 243 g/mol. The van der Waals surface area contributed by atoms with Gasteiger partial charge in [0.2, 0.25) is 0 Å².